The maximum absolute atomic E-state index is 11.2. The third-order valence-corrected chi connectivity index (χ3v) is 3.49. The van der Waals surface area contributed by atoms with Gasteiger partial charge in [-0.3, -0.25) is 0 Å². The van der Waals surface area contributed by atoms with Gasteiger partial charge in [0.15, 0.2) is 0 Å². The van der Waals surface area contributed by atoms with Crippen LogP contribution in [0.15, 0.2) is 0 Å². The first-order valence-corrected chi connectivity index (χ1v) is 8.31. The van der Waals surface area contributed by atoms with Crippen molar-refractivity contribution in [3.63, 3.8) is 0 Å². The molecule has 0 spiro atoms. The first-order valence-electron chi connectivity index (χ1n) is 6.42. The summed E-state index contributed by atoms with van der Waals surface area (Å²) in [4.78, 5) is 0. The molecule has 0 aromatic carbocycles. The highest BCUT2D eigenvalue weighted by molar-refractivity contribution is 7.88. The van der Waals surface area contributed by atoms with E-state index < -0.39 is 15.6 Å². The minimum absolute atomic E-state index is 0.437. The fourth-order valence-corrected chi connectivity index (χ4v) is 3.06. The van der Waals surface area contributed by atoms with Crippen molar-refractivity contribution in [1.82, 2.24) is 10.0 Å². The van der Waals surface area contributed by atoms with Crippen molar-refractivity contribution in [2.75, 3.05) is 12.8 Å². The van der Waals surface area contributed by atoms with Crippen LogP contribution in [-0.2, 0) is 10.0 Å². The van der Waals surface area contributed by atoms with E-state index in [9.17, 15) is 8.42 Å². The molecular formula is C12H28N2O2S. The summed E-state index contributed by atoms with van der Waals surface area (Å²) in [5, 5.41) is 3.46. The quantitative estimate of drug-likeness (QED) is 0.668. The van der Waals surface area contributed by atoms with E-state index in [4.69, 9.17) is 0 Å². The Hall–Kier alpha value is -0.130. The number of hydrogen-bond donors (Lipinski definition) is 2. The molecule has 5 heteroatoms. The van der Waals surface area contributed by atoms with E-state index in [-0.39, 0.29) is 0 Å². The number of rotatable bonds is 9. The number of hydrogen-bond acceptors (Lipinski definition) is 3. The van der Waals surface area contributed by atoms with E-state index in [1.807, 2.05) is 13.8 Å². The summed E-state index contributed by atoms with van der Waals surface area (Å²) in [6.45, 7) is 8.80. The summed E-state index contributed by atoms with van der Waals surface area (Å²) in [5.74, 6) is 0. The fourth-order valence-electron chi connectivity index (χ4n) is 1.98. The summed E-state index contributed by atoms with van der Waals surface area (Å²) in [5.41, 5.74) is -0.437. The zero-order valence-corrected chi connectivity index (χ0v) is 12.7. The van der Waals surface area contributed by atoms with Gasteiger partial charge in [-0.2, -0.15) is 0 Å². The monoisotopic (exact) mass is 264 g/mol. The molecule has 0 fully saturated rings. The minimum Gasteiger partial charge on any atom is -0.312 e. The molecule has 104 valence electrons. The molecule has 0 radical (unpaired) electrons. The first kappa shape index (κ1) is 16.9. The number of sulfonamides is 1. The predicted octanol–water partition coefficient (Wildman–Crippen LogP) is 1.87. The van der Waals surface area contributed by atoms with Gasteiger partial charge >= 0.3 is 0 Å². The summed E-state index contributed by atoms with van der Waals surface area (Å²) in [7, 11) is -3.14. The molecule has 2 N–H and O–H groups in total. The molecule has 0 amide bonds. The molecule has 0 rings (SSSR count). The third-order valence-electron chi connectivity index (χ3n) is 2.57. The standard InChI is InChI=1S/C12H28N2O2S/c1-6-8-11(9-7-2)13-10-12(3,4)14-17(5,15)16/h11,13-14H,6-10H2,1-5H3. The summed E-state index contributed by atoms with van der Waals surface area (Å²) in [6, 6.07) is 0.491. The molecule has 4 nitrogen and oxygen atoms in total. The van der Waals surface area contributed by atoms with Crippen molar-refractivity contribution in [2.45, 2.75) is 65.0 Å². The second-order valence-electron chi connectivity index (χ2n) is 5.41. The molecule has 0 saturated carbocycles. The largest absolute Gasteiger partial charge is 0.312 e. The van der Waals surface area contributed by atoms with Crippen LogP contribution in [0.5, 0.6) is 0 Å². The normalized spacial score (nSPS) is 13.3. The van der Waals surface area contributed by atoms with E-state index in [1.54, 1.807) is 0 Å². The topological polar surface area (TPSA) is 58.2 Å². The van der Waals surface area contributed by atoms with Gasteiger partial charge in [0.25, 0.3) is 0 Å². The molecule has 0 saturated heterocycles. The van der Waals surface area contributed by atoms with E-state index in [0.29, 0.717) is 12.6 Å². The maximum Gasteiger partial charge on any atom is 0.209 e. The molecule has 17 heavy (non-hydrogen) atoms. The van der Waals surface area contributed by atoms with Crippen molar-refractivity contribution in [3.05, 3.63) is 0 Å². The average molecular weight is 264 g/mol. The molecule has 0 aliphatic carbocycles. The molecule has 0 atom stereocenters. The molecule has 0 aromatic heterocycles. The zero-order chi connectivity index (χ0) is 13.5. The van der Waals surface area contributed by atoms with Crippen molar-refractivity contribution in [1.29, 1.82) is 0 Å². The number of nitrogens with one attached hydrogen (secondary N) is 2. The SMILES string of the molecule is CCCC(CCC)NCC(C)(C)NS(C)(=O)=O. The Kier molecular flexibility index (Phi) is 7.28. The van der Waals surface area contributed by atoms with Gasteiger partial charge in [0.05, 0.1) is 6.26 Å². The Morgan fingerprint density at radius 3 is 1.94 bits per heavy atom. The van der Waals surface area contributed by atoms with Gasteiger partial charge in [-0.1, -0.05) is 26.7 Å². The Labute approximate surface area is 107 Å². The Balaban J connectivity index is 4.21. The molecule has 0 aliphatic rings. The summed E-state index contributed by atoms with van der Waals surface area (Å²) < 4.78 is 25.1. The average Bonchev–Trinajstić information content (AvgIpc) is 2.11. The van der Waals surface area contributed by atoms with Crippen LogP contribution >= 0.6 is 0 Å². The molecule has 0 bridgehead atoms. The smallest absolute Gasteiger partial charge is 0.209 e. The van der Waals surface area contributed by atoms with Crippen LogP contribution in [0, 0.1) is 0 Å². The van der Waals surface area contributed by atoms with Gasteiger partial charge in [0, 0.05) is 18.1 Å². The lowest BCUT2D eigenvalue weighted by atomic mass is 10.0. The Morgan fingerprint density at radius 2 is 1.59 bits per heavy atom. The lowest BCUT2D eigenvalue weighted by molar-refractivity contribution is 0.364. The van der Waals surface area contributed by atoms with Gasteiger partial charge in [-0.05, 0) is 26.7 Å². The van der Waals surface area contributed by atoms with Gasteiger partial charge in [-0.15, -0.1) is 0 Å². The van der Waals surface area contributed by atoms with Crippen molar-refractivity contribution in [2.24, 2.45) is 0 Å². The van der Waals surface area contributed by atoms with Crippen molar-refractivity contribution < 1.29 is 8.42 Å². The lowest BCUT2D eigenvalue weighted by Gasteiger charge is -2.28. The summed E-state index contributed by atoms with van der Waals surface area (Å²) >= 11 is 0. The van der Waals surface area contributed by atoms with E-state index in [0.717, 1.165) is 25.7 Å². The molecule has 0 aromatic rings. The van der Waals surface area contributed by atoms with Gasteiger partial charge in [0.1, 0.15) is 0 Å². The lowest BCUT2D eigenvalue weighted by Crippen LogP contribution is -2.51. The fraction of sp³-hybridized carbons (Fsp3) is 1.00. The van der Waals surface area contributed by atoms with Crippen LogP contribution < -0.4 is 10.0 Å². The second kappa shape index (κ2) is 7.34. The third kappa shape index (κ3) is 9.56. The van der Waals surface area contributed by atoms with Gasteiger partial charge in [-0.25, -0.2) is 13.1 Å². The van der Waals surface area contributed by atoms with E-state index in [2.05, 4.69) is 23.9 Å². The molecular weight excluding hydrogens is 236 g/mol. The first-order chi connectivity index (χ1) is 7.70. The maximum atomic E-state index is 11.2. The van der Waals surface area contributed by atoms with Gasteiger partial charge < -0.3 is 5.32 Å². The molecule has 0 aliphatic heterocycles. The minimum atomic E-state index is -3.14. The van der Waals surface area contributed by atoms with E-state index >= 15 is 0 Å². The highest BCUT2D eigenvalue weighted by Gasteiger charge is 2.22. The highest BCUT2D eigenvalue weighted by atomic mass is 32.2. The predicted molar refractivity (Wildman–Crippen MR) is 73.7 cm³/mol. The molecule has 0 heterocycles. The van der Waals surface area contributed by atoms with Gasteiger partial charge in [0.2, 0.25) is 10.0 Å². The molecule has 0 unspecified atom stereocenters. The van der Waals surface area contributed by atoms with Crippen molar-refractivity contribution in [3.8, 4) is 0 Å². The van der Waals surface area contributed by atoms with Crippen LogP contribution in [0.4, 0.5) is 0 Å². The van der Waals surface area contributed by atoms with Crippen LogP contribution in [0.3, 0.4) is 0 Å². The Morgan fingerprint density at radius 1 is 1.12 bits per heavy atom. The van der Waals surface area contributed by atoms with Crippen LogP contribution in [0.1, 0.15) is 53.4 Å². The highest BCUT2D eigenvalue weighted by Crippen LogP contribution is 2.08. The van der Waals surface area contributed by atoms with Crippen LogP contribution in [0.2, 0.25) is 0 Å². The zero-order valence-electron chi connectivity index (χ0n) is 11.8. The van der Waals surface area contributed by atoms with Crippen LogP contribution in [-0.4, -0.2) is 32.8 Å². The van der Waals surface area contributed by atoms with Crippen LogP contribution in [0.25, 0.3) is 0 Å². The van der Waals surface area contributed by atoms with Crippen molar-refractivity contribution >= 4 is 10.0 Å². The summed E-state index contributed by atoms with van der Waals surface area (Å²) in [6.07, 6.45) is 5.78. The second-order valence-corrected chi connectivity index (χ2v) is 7.16. The Bertz CT molecular complexity index is 294. The van der Waals surface area contributed by atoms with E-state index in [1.165, 1.54) is 6.26 Å².